The molecular formula is C25H29F2N3O4. The van der Waals surface area contributed by atoms with E-state index in [4.69, 9.17) is 10.5 Å². The fraction of sp³-hybridized carbons (Fsp3) is 0.400. The highest BCUT2D eigenvalue weighted by molar-refractivity contribution is 6.06. The van der Waals surface area contributed by atoms with Crippen LogP contribution in [0.4, 0.5) is 8.78 Å². The van der Waals surface area contributed by atoms with E-state index >= 15 is 0 Å². The van der Waals surface area contributed by atoms with Crippen molar-refractivity contribution >= 4 is 17.4 Å². The summed E-state index contributed by atoms with van der Waals surface area (Å²) in [6, 6.07) is 11.4. The Bertz CT molecular complexity index is 1070. The van der Waals surface area contributed by atoms with Crippen LogP contribution in [0.1, 0.15) is 61.3 Å². The number of ketones is 1. The molecule has 9 heteroatoms. The number of carbonyl (C=O) groups excluding carboxylic acids is 2. The van der Waals surface area contributed by atoms with Gasteiger partial charge in [-0.3, -0.25) is 9.59 Å². The SMILES string of the molecule is CCC1CC(=O)N(C(N)c2ccc(C(=O)C(C)C)cc2)N=C1c1ccc(OC)c(OC(F)F)c1. The summed E-state index contributed by atoms with van der Waals surface area (Å²) < 4.78 is 35.5. The van der Waals surface area contributed by atoms with Crippen LogP contribution in [0.3, 0.4) is 0 Å². The van der Waals surface area contributed by atoms with Crippen LogP contribution in [-0.4, -0.2) is 36.1 Å². The minimum absolute atomic E-state index is 0.0154. The minimum Gasteiger partial charge on any atom is -0.493 e. The van der Waals surface area contributed by atoms with Crippen molar-refractivity contribution < 1.29 is 27.8 Å². The maximum absolute atomic E-state index is 12.9. The molecule has 0 saturated heterocycles. The Morgan fingerprint density at radius 1 is 1.18 bits per heavy atom. The molecule has 2 atom stereocenters. The number of rotatable bonds is 9. The Kier molecular flexibility index (Phi) is 7.98. The molecule has 2 N–H and O–H groups in total. The summed E-state index contributed by atoms with van der Waals surface area (Å²) in [5.74, 6) is -0.538. The number of halogens is 2. The highest BCUT2D eigenvalue weighted by Gasteiger charge is 2.33. The van der Waals surface area contributed by atoms with Crippen LogP contribution in [0.15, 0.2) is 47.6 Å². The van der Waals surface area contributed by atoms with Gasteiger partial charge in [0.15, 0.2) is 17.3 Å². The predicted molar refractivity (Wildman–Crippen MR) is 124 cm³/mol. The van der Waals surface area contributed by atoms with Crippen LogP contribution < -0.4 is 15.2 Å². The van der Waals surface area contributed by atoms with Gasteiger partial charge in [-0.15, -0.1) is 0 Å². The van der Waals surface area contributed by atoms with Crippen LogP contribution in [0.5, 0.6) is 11.5 Å². The van der Waals surface area contributed by atoms with E-state index in [0.29, 0.717) is 28.8 Å². The molecule has 0 saturated carbocycles. The Morgan fingerprint density at radius 2 is 1.85 bits per heavy atom. The molecule has 0 radical (unpaired) electrons. The van der Waals surface area contributed by atoms with Crippen LogP contribution in [0, 0.1) is 11.8 Å². The fourth-order valence-electron chi connectivity index (χ4n) is 3.85. The summed E-state index contributed by atoms with van der Waals surface area (Å²) in [5, 5.41) is 5.75. The van der Waals surface area contributed by atoms with Gasteiger partial charge in [-0.05, 0) is 30.2 Å². The van der Waals surface area contributed by atoms with Gasteiger partial charge in [0.2, 0.25) is 5.91 Å². The zero-order valence-electron chi connectivity index (χ0n) is 19.6. The molecule has 2 aromatic carbocycles. The first-order valence-electron chi connectivity index (χ1n) is 11.1. The summed E-state index contributed by atoms with van der Waals surface area (Å²) >= 11 is 0. The molecule has 7 nitrogen and oxygen atoms in total. The lowest BCUT2D eigenvalue weighted by atomic mass is 9.89. The molecule has 1 aliphatic rings. The quantitative estimate of drug-likeness (QED) is 0.530. The molecule has 0 aromatic heterocycles. The van der Waals surface area contributed by atoms with Crippen molar-refractivity contribution in [1.82, 2.24) is 5.01 Å². The van der Waals surface area contributed by atoms with Gasteiger partial charge < -0.3 is 15.2 Å². The van der Waals surface area contributed by atoms with E-state index in [-0.39, 0.29) is 41.4 Å². The number of amides is 1. The van der Waals surface area contributed by atoms with Gasteiger partial charge in [0.05, 0.1) is 12.8 Å². The maximum atomic E-state index is 12.9. The van der Waals surface area contributed by atoms with Crippen molar-refractivity contribution in [3.05, 3.63) is 59.2 Å². The maximum Gasteiger partial charge on any atom is 0.387 e. The molecule has 2 aromatic rings. The molecule has 3 rings (SSSR count). The molecule has 182 valence electrons. The average molecular weight is 474 g/mol. The van der Waals surface area contributed by atoms with Crippen molar-refractivity contribution in [2.75, 3.05) is 7.11 Å². The lowest BCUT2D eigenvalue weighted by Crippen LogP contribution is -2.42. The van der Waals surface area contributed by atoms with Gasteiger partial charge in [0.25, 0.3) is 0 Å². The number of benzene rings is 2. The first-order valence-corrected chi connectivity index (χ1v) is 11.1. The van der Waals surface area contributed by atoms with Crippen molar-refractivity contribution in [3.63, 3.8) is 0 Å². The van der Waals surface area contributed by atoms with E-state index in [9.17, 15) is 18.4 Å². The van der Waals surface area contributed by atoms with Crippen LogP contribution >= 0.6 is 0 Å². The topological polar surface area (TPSA) is 94.2 Å². The standard InChI is InChI=1S/C25H29F2N3O4/c1-5-15-13-21(31)30(24(28)17-8-6-16(7-9-17)23(32)14(2)3)29-22(15)18-10-11-19(33-4)20(12-18)34-25(26)27/h6-12,14-15,24-25H,5,13,28H2,1-4H3. The summed E-state index contributed by atoms with van der Waals surface area (Å²) in [4.78, 5) is 25.1. The fourth-order valence-corrected chi connectivity index (χ4v) is 3.85. The molecule has 0 aliphatic carbocycles. The summed E-state index contributed by atoms with van der Waals surface area (Å²) in [7, 11) is 1.36. The number of ether oxygens (including phenoxy) is 2. The number of Topliss-reactive ketones (excluding diaryl/α,β-unsaturated/α-hetero) is 1. The van der Waals surface area contributed by atoms with E-state index < -0.39 is 12.8 Å². The molecule has 1 amide bonds. The first kappa shape index (κ1) is 25.3. The second kappa shape index (κ2) is 10.7. The minimum atomic E-state index is -3.02. The van der Waals surface area contributed by atoms with E-state index in [1.165, 1.54) is 24.3 Å². The zero-order chi connectivity index (χ0) is 25.0. The molecule has 0 fully saturated rings. The van der Waals surface area contributed by atoms with Crippen LogP contribution in [0.2, 0.25) is 0 Å². The van der Waals surface area contributed by atoms with Crippen molar-refractivity contribution in [2.45, 2.75) is 46.4 Å². The Hall–Kier alpha value is -3.33. The van der Waals surface area contributed by atoms with Gasteiger partial charge in [-0.25, -0.2) is 5.01 Å². The molecule has 1 heterocycles. The number of hydrazone groups is 1. The monoisotopic (exact) mass is 473 g/mol. The van der Waals surface area contributed by atoms with Gasteiger partial charge in [0.1, 0.15) is 6.17 Å². The van der Waals surface area contributed by atoms with E-state index in [1.807, 2.05) is 20.8 Å². The Morgan fingerprint density at radius 3 is 2.41 bits per heavy atom. The van der Waals surface area contributed by atoms with Gasteiger partial charge >= 0.3 is 6.61 Å². The number of carbonyl (C=O) groups is 2. The lowest BCUT2D eigenvalue weighted by molar-refractivity contribution is -0.135. The van der Waals surface area contributed by atoms with Crippen molar-refractivity contribution in [3.8, 4) is 11.5 Å². The number of nitrogens with two attached hydrogens (primary N) is 1. The number of nitrogens with zero attached hydrogens (tertiary/aromatic N) is 2. The van der Waals surface area contributed by atoms with Crippen molar-refractivity contribution in [1.29, 1.82) is 0 Å². The Balaban J connectivity index is 1.96. The molecular weight excluding hydrogens is 444 g/mol. The smallest absolute Gasteiger partial charge is 0.387 e. The normalized spacial score (nSPS) is 17.1. The molecule has 0 bridgehead atoms. The molecule has 1 aliphatic heterocycles. The Labute approximate surface area is 197 Å². The zero-order valence-corrected chi connectivity index (χ0v) is 19.6. The van der Waals surface area contributed by atoms with Gasteiger partial charge in [-0.1, -0.05) is 45.0 Å². The third kappa shape index (κ3) is 5.41. The summed E-state index contributed by atoms with van der Waals surface area (Å²) in [6.45, 7) is 2.56. The third-order valence-corrected chi connectivity index (χ3v) is 5.77. The van der Waals surface area contributed by atoms with Crippen LogP contribution in [-0.2, 0) is 4.79 Å². The molecule has 34 heavy (non-hydrogen) atoms. The average Bonchev–Trinajstić information content (AvgIpc) is 2.82. The van der Waals surface area contributed by atoms with E-state index in [2.05, 4.69) is 9.84 Å². The second-order valence-electron chi connectivity index (χ2n) is 8.36. The van der Waals surface area contributed by atoms with Gasteiger partial charge in [-0.2, -0.15) is 13.9 Å². The first-order chi connectivity index (χ1) is 16.2. The van der Waals surface area contributed by atoms with E-state index in [0.717, 1.165) is 0 Å². The number of hydrogen-bond acceptors (Lipinski definition) is 6. The predicted octanol–water partition coefficient (Wildman–Crippen LogP) is 4.76. The van der Waals surface area contributed by atoms with Crippen molar-refractivity contribution in [2.24, 2.45) is 22.7 Å². The summed E-state index contributed by atoms with van der Waals surface area (Å²) in [6.07, 6.45) is -0.0839. The largest absolute Gasteiger partial charge is 0.493 e. The second-order valence-corrected chi connectivity index (χ2v) is 8.36. The van der Waals surface area contributed by atoms with Gasteiger partial charge in [0, 0.05) is 29.4 Å². The molecule has 2 unspecified atom stereocenters. The highest BCUT2D eigenvalue weighted by atomic mass is 19.3. The van der Waals surface area contributed by atoms with E-state index in [1.54, 1.807) is 30.3 Å². The molecule has 0 spiro atoms. The number of methoxy groups -OCH3 is 1. The lowest BCUT2D eigenvalue weighted by Gasteiger charge is -2.33. The number of alkyl halides is 2. The van der Waals surface area contributed by atoms with Crippen LogP contribution in [0.25, 0.3) is 0 Å². The number of hydrogen-bond donors (Lipinski definition) is 1. The summed E-state index contributed by atoms with van der Waals surface area (Å²) in [5.41, 5.74) is 8.64. The third-order valence-electron chi connectivity index (χ3n) is 5.77. The highest BCUT2D eigenvalue weighted by Crippen LogP contribution is 2.33.